The van der Waals surface area contributed by atoms with Crippen molar-refractivity contribution >= 4 is 33.4 Å². The number of carbonyl (C=O) groups excluding carboxylic acids is 2. The number of amides is 2. The first-order chi connectivity index (χ1) is 9.60. The van der Waals surface area contributed by atoms with E-state index in [2.05, 4.69) is 31.5 Å². The molecular weight excluding hydrogens is 322 g/mol. The van der Waals surface area contributed by atoms with Crippen molar-refractivity contribution < 1.29 is 9.59 Å². The van der Waals surface area contributed by atoms with Gasteiger partial charge >= 0.3 is 0 Å². The van der Waals surface area contributed by atoms with E-state index in [0.717, 1.165) is 4.47 Å². The van der Waals surface area contributed by atoms with Crippen molar-refractivity contribution in [1.82, 2.24) is 10.3 Å². The van der Waals surface area contributed by atoms with E-state index in [-0.39, 0.29) is 11.8 Å². The molecule has 0 spiro atoms. The molecule has 0 aliphatic carbocycles. The molecule has 0 atom stereocenters. The highest BCUT2D eigenvalue weighted by Gasteiger charge is 2.09. The van der Waals surface area contributed by atoms with Crippen LogP contribution in [0.3, 0.4) is 0 Å². The van der Waals surface area contributed by atoms with E-state index in [1.54, 1.807) is 43.6 Å². The van der Waals surface area contributed by atoms with E-state index in [0.29, 0.717) is 16.8 Å². The Morgan fingerprint density at radius 3 is 2.60 bits per heavy atom. The van der Waals surface area contributed by atoms with Crippen molar-refractivity contribution in [3.05, 3.63) is 58.3 Å². The molecule has 2 aromatic rings. The topological polar surface area (TPSA) is 71.1 Å². The number of halogens is 1. The van der Waals surface area contributed by atoms with Crippen molar-refractivity contribution in [2.24, 2.45) is 0 Å². The molecule has 0 bridgehead atoms. The molecule has 2 N–H and O–H groups in total. The number of nitrogens with zero attached hydrogens (tertiary/aromatic N) is 1. The summed E-state index contributed by atoms with van der Waals surface area (Å²) in [4.78, 5) is 27.5. The summed E-state index contributed by atoms with van der Waals surface area (Å²) in [5, 5.41) is 5.26. The van der Waals surface area contributed by atoms with Gasteiger partial charge in [-0.3, -0.25) is 14.6 Å². The van der Waals surface area contributed by atoms with Gasteiger partial charge in [0.25, 0.3) is 11.8 Å². The number of carbonyl (C=O) groups is 2. The molecule has 1 aromatic heterocycles. The Bertz CT molecular complexity index is 658. The Hall–Kier alpha value is -2.21. The highest BCUT2D eigenvalue weighted by Crippen LogP contribution is 2.14. The zero-order chi connectivity index (χ0) is 14.5. The largest absolute Gasteiger partial charge is 0.355 e. The van der Waals surface area contributed by atoms with Crippen LogP contribution in [-0.4, -0.2) is 23.8 Å². The normalized spacial score (nSPS) is 9.90. The molecule has 0 fully saturated rings. The lowest BCUT2D eigenvalue weighted by Crippen LogP contribution is -2.18. The molecule has 0 saturated carbocycles. The minimum Gasteiger partial charge on any atom is -0.355 e. The van der Waals surface area contributed by atoms with Crippen LogP contribution in [0.25, 0.3) is 0 Å². The van der Waals surface area contributed by atoms with Gasteiger partial charge in [-0.2, -0.15) is 0 Å². The predicted octanol–water partition coefficient (Wildman–Crippen LogP) is 2.46. The van der Waals surface area contributed by atoms with Gasteiger partial charge in [0.2, 0.25) is 0 Å². The molecule has 5 nitrogen and oxygen atoms in total. The van der Waals surface area contributed by atoms with Gasteiger partial charge in [-0.25, -0.2) is 0 Å². The summed E-state index contributed by atoms with van der Waals surface area (Å²) >= 11 is 3.26. The highest BCUT2D eigenvalue weighted by atomic mass is 79.9. The Kier molecular flexibility index (Phi) is 4.47. The third-order valence-electron chi connectivity index (χ3n) is 2.58. The maximum atomic E-state index is 12.0. The number of rotatable bonds is 3. The van der Waals surface area contributed by atoms with Gasteiger partial charge in [-0.05, 0) is 40.2 Å². The Morgan fingerprint density at radius 2 is 1.90 bits per heavy atom. The second-order valence-electron chi connectivity index (χ2n) is 4.01. The average Bonchev–Trinajstić information content (AvgIpc) is 2.46. The van der Waals surface area contributed by atoms with Crippen molar-refractivity contribution in [3.63, 3.8) is 0 Å². The molecule has 0 aliphatic heterocycles. The predicted molar refractivity (Wildman–Crippen MR) is 79.7 cm³/mol. The molecular formula is C14H12BrN3O2. The van der Waals surface area contributed by atoms with Crippen LogP contribution >= 0.6 is 15.9 Å². The lowest BCUT2D eigenvalue weighted by molar-refractivity contribution is 0.0961. The van der Waals surface area contributed by atoms with Gasteiger partial charge in [-0.15, -0.1) is 0 Å². The van der Waals surface area contributed by atoms with Gasteiger partial charge in [-0.1, -0.05) is 6.07 Å². The first kappa shape index (κ1) is 14.2. The number of benzene rings is 1. The monoisotopic (exact) mass is 333 g/mol. The minimum atomic E-state index is -0.284. The summed E-state index contributed by atoms with van der Waals surface area (Å²) in [6.07, 6.45) is 3.08. The van der Waals surface area contributed by atoms with Crippen LogP contribution in [0, 0.1) is 0 Å². The maximum absolute atomic E-state index is 12.0. The first-order valence-electron chi connectivity index (χ1n) is 5.84. The van der Waals surface area contributed by atoms with Crippen LogP contribution in [0.1, 0.15) is 20.7 Å². The number of hydrogen-bond acceptors (Lipinski definition) is 3. The van der Waals surface area contributed by atoms with Gasteiger partial charge in [0, 0.05) is 35.2 Å². The average molecular weight is 334 g/mol. The quantitative estimate of drug-likeness (QED) is 0.906. The van der Waals surface area contributed by atoms with Crippen LogP contribution in [-0.2, 0) is 0 Å². The fourth-order valence-electron chi connectivity index (χ4n) is 1.62. The first-order valence-corrected chi connectivity index (χ1v) is 6.63. The molecule has 0 aliphatic rings. The summed E-state index contributed by atoms with van der Waals surface area (Å²) in [6, 6.07) is 8.39. The number of hydrogen-bond donors (Lipinski definition) is 2. The molecule has 0 unspecified atom stereocenters. The van der Waals surface area contributed by atoms with E-state index in [1.807, 2.05) is 0 Å². The van der Waals surface area contributed by atoms with Gasteiger partial charge in [0.05, 0.1) is 5.56 Å². The van der Waals surface area contributed by atoms with Crippen LogP contribution in [0.15, 0.2) is 47.2 Å². The summed E-state index contributed by atoms with van der Waals surface area (Å²) in [6.45, 7) is 0. The van der Waals surface area contributed by atoms with E-state index in [9.17, 15) is 9.59 Å². The van der Waals surface area contributed by atoms with Crippen LogP contribution in [0.4, 0.5) is 5.69 Å². The lowest BCUT2D eigenvalue weighted by Gasteiger charge is -2.07. The van der Waals surface area contributed by atoms with Gasteiger partial charge in [0.15, 0.2) is 0 Å². The molecule has 0 saturated heterocycles. The number of anilines is 1. The molecule has 6 heteroatoms. The zero-order valence-electron chi connectivity index (χ0n) is 10.7. The van der Waals surface area contributed by atoms with E-state index < -0.39 is 0 Å². The summed E-state index contributed by atoms with van der Waals surface area (Å²) in [5.74, 6) is -0.488. The molecule has 2 rings (SSSR count). The van der Waals surface area contributed by atoms with Crippen molar-refractivity contribution in [1.29, 1.82) is 0 Å². The minimum absolute atomic E-state index is 0.203. The van der Waals surface area contributed by atoms with E-state index >= 15 is 0 Å². The maximum Gasteiger partial charge on any atom is 0.257 e. The molecule has 1 heterocycles. The summed E-state index contributed by atoms with van der Waals surface area (Å²) < 4.78 is 0.726. The second-order valence-corrected chi connectivity index (χ2v) is 4.92. The van der Waals surface area contributed by atoms with Crippen LogP contribution in [0.5, 0.6) is 0 Å². The Labute approximate surface area is 124 Å². The Morgan fingerprint density at radius 1 is 1.10 bits per heavy atom. The SMILES string of the molecule is CNC(=O)c1cccc(NC(=O)c2cncc(Br)c2)c1. The van der Waals surface area contributed by atoms with Crippen molar-refractivity contribution in [2.45, 2.75) is 0 Å². The molecule has 1 aromatic carbocycles. The standard InChI is InChI=1S/C14H12BrN3O2/c1-16-13(19)9-3-2-4-12(6-9)18-14(20)10-5-11(15)8-17-7-10/h2-8H,1H3,(H,16,19)(H,18,20). The molecule has 102 valence electrons. The zero-order valence-corrected chi connectivity index (χ0v) is 12.3. The van der Waals surface area contributed by atoms with Crippen molar-refractivity contribution in [2.75, 3.05) is 12.4 Å². The third-order valence-corrected chi connectivity index (χ3v) is 3.01. The van der Waals surface area contributed by atoms with Crippen LogP contribution in [0.2, 0.25) is 0 Å². The fraction of sp³-hybridized carbons (Fsp3) is 0.0714. The Balaban J connectivity index is 2.18. The highest BCUT2D eigenvalue weighted by molar-refractivity contribution is 9.10. The summed E-state index contributed by atoms with van der Waals surface area (Å²) in [5.41, 5.74) is 1.47. The molecule has 0 radical (unpaired) electrons. The van der Waals surface area contributed by atoms with E-state index in [4.69, 9.17) is 0 Å². The number of nitrogens with one attached hydrogen (secondary N) is 2. The van der Waals surface area contributed by atoms with E-state index in [1.165, 1.54) is 6.20 Å². The third kappa shape index (κ3) is 3.42. The molecule has 20 heavy (non-hydrogen) atoms. The van der Waals surface area contributed by atoms with Crippen molar-refractivity contribution in [3.8, 4) is 0 Å². The molecule has 2 amide bonds. The second kappa shape index (κ2) is 6.29. The summed E-state index contributed by atoms with van der Waals surface area (Å²) in [7, 11) is 1.56. The fourth-order valence-corrected chi connectivity index (χ4v) is 1.99. The lowest BCUT2D eigenvalue weighted by atomic mass is 10.2. The van der Waals surface area contributed by atoms with Gasteiger partial charge < -0.3 is 10.6 Å². The van der Waals surface area contributed by atoms with Gasteiger partial charge in [0.1, 0.15) is 0 Å². The number of pyridine rings is 1. The number of aromatic nitrogens is 1. The van der Waals surface area contributed by atoms with Crippen LogP contribution < -0.4 is 10.6 Å². The smallest absolute Gasteiger partial charge is 0.257 e.